The summed E-state index contributed by atoms with van der Waals surface area (Å²) in [6.07, 6.45) is 1.07. The lowest BCUT2D eigenvalue weighted by atomic mass is 10.1. The molecule has 31 heavy (non-hydrogen) atoms. The Bertz CT molecular complexity index is 1330. The second-order valence-electron chi connectivity index (χ2n) is 7.24. The number of hydrogen-bond donors (Lipinski definition) is 1. The van der Waals surface area contributed by atoms with Crippen LogP contribution >= 0.6 is 0 Å². The summed E-state index contributed by atoms with van der Waals surface area (Å²) in [5, 5.41) is 2.71. The minimum Gasteiger partial charge on any atom is -0.322 e. The van der Waals surface area contributed by atoms with E-state index in [0.29, 0.717) is 28.1 Å². The van der Waals surface area contributed by atoms with Crippen molar-refractivity contribution in [2.75, 3.05) is 16.5 Å². The molecule has 3 amide bonds. The van der Waals surface area contributed by atoms with Gasteiger partial charge < -0.3 is 5.32 Å². The Morgan fingerprint density at radius 3 is 2.13 bits per heavy atom. The van der Waals surface area contributed by atoms with Crippen LogP contribution < -0.4 is 10.2 Å². The van der Waals surface area contributed by atoms with Crippen molar-refractivity contribution in [1.82, 2.24) is 0 Å². The number of nitrogens with one attached hydrogen (secondary N) is 1. The topological polar surface area (TPSA) is 101 Å². The molecule has 0 aliphatic carbocycles. The minimum absolute atomic E-state index is 0.0445. The number of nitrogens with zero attached hydrogens (tertiary/aromatic N) is 1. The highest BCUT2D eigenvalue weighted by Gasteiger charge is 2.36. The number of amides is 3. The normalized spacial score (nSPS) is 13.3. The summed E-state index contributed by atoms with van der Waals surface area (Å²) in [4.78, 5) is 39.3. The van der Waals surface area contributed by atoms with Crippen LogP contribution in [-0.4, -0.2) is 32.4 Å². The number of aryl methyl sites for hydroxylation is 1. The molecule has 8 heteroatoms. The first-order chi connectivity index (χ1) is 14.7. The predicted octanol–water partition coefficient (Wildman–Crippen LogP) is 3.45. The maximum atomic E-state index is 12.8. The van der Waals surface area contributed by atoms with E-state index in [1.54, 1.807) is 55.5 Å². The maximum absolute atomic E-state index is 12.8. The molecule has 0 atom stereocenters. The van der Waals surface area contributed by atoms with Crippen molar-refractivity contribution in [1.29, 1.82) is 0 Å². The fourth-order valence-electron chi connectivity index (χ4n) is 3.42. The van der Waals surface area contributed by atoms with Gasteiger partial charge in [-0.2, -0.15) is 0 Å². The fourth-order valence-corrected chi connectivity index (χ4v) is 4.07. The second-order valence-corrected chi connectivity index (χ2v) is 9.26. The van der Waals surface area contributed by atoms with Gasteiger partial charge in [0.05, 0.1) is 21.7 Å². The molecular formula is C23H18N2O5S. The van der Waals surface area contributed by atoms with Crippen molar-refractivity contribution in [2.24, 2.45) is 0 Å². The third-order valence-corrected chi connectivity index (χ3v) is 6.15. The summed E-state index contributed by atoms with van der Waals surface area (Å²) in [6, 6.07) is 17.3. The van der Waals surface area contributed by atoms with E-state index >= 15 is 0 Å². The molecule has 4 rings (SSSR count). The summed E-state index contributed by atoms with van der Waals surface area (Å²) in [7, 11) is -3.47. The van der Waals surface area contributed by atoms with Crippen LogP contribution in [0.3, 0.4) is 0 Å². The Kier molecular flexibility index (Phi) is 4.94. The largest absolute Gasteiger partial charge is 0.322 e. The van der Waals surface area contributed by atoms with Crippen LogP contribution in [0.25, 0.3) is 0 Å². The lowest BCUT2D eigenvalue weighted by Crippen LogP contribution is -2.29. The summed E-state index contributed by atoms with van der Waals surface area (Å²) < 4.78 is 23.6. The Balaban J connectivity index is 1.63. The van der Waals surface area contributed by atoms with E-state index in [9.17, 15) is 22.8 Å². The molecule has 1 N–H and O–H groups in total. The number of rotatable bonds is 4. The summed E-state index contributed by atoms with van der Waals surface area (Å²) in [5.41, 5.74) is 2.18. The third-order valence-electron chi connectivity index (χ3n) is 5.04. The van der Waals surface area contributed by atoms with Crippen molar-refractivity contribution in [3.8, 4) is 0 Å². The summed E-state index contributed by atoms with van der Waals surface area (Å²) >= 11 is 0. The first kappa shape index (κ1) is 20.5. The molecule has 0 fully saturated rings. The van der Waals surface area contributed by atoms with E-state index in [0.717, 1.165) is 11.2 Å². The van der Waals surface area contributed by atoms with Crippen LogP contribution in [0.5, 0.6) is 0 Å². The van der Waals surface area contributed by atoms with Gasteiger partial charge in [0.15, 0.2) is 9.84 Å². The van der Waals surface area contributed by atoms with Gasteiger partial charge >= 0.3 is 0 Å². The zero-order chi connectivity index (χ0) is 22.3. The highest BCUT2D eigenvalue weighted by molar-refractivity contribution is 7.90. The molecule has 1 aliphatic heterocycles. The molecule has 1 heterocycles. The van der Waals surface area contributed by atoms with Crippen molar-refractivity contribution in [3.63, 3.8) is 0 Å². The Labute approximate surface area is 179 Å². The van der Waals surface area contributed by atoms with Crippen molar-refractivity contribution in [3.05, 3.63) is 89.0 Å². The number of sulfone groups is 1. The van der Waals surface area contributed by atoms with Gasteiger partial charge in [0.1, 0.15) is 0 Å². The molecule has 0 bridgehead atoms. The third kappa shape index (κ3) is 3.73. The van der Waals surface area contributed by atoms with Gasteiger partial charge in [-0.25, -0.2) is 13.3 Å². The van der Waals surface area contributed by atoms with Crippen LogP contribution in [0.4, 0.5) is 11.4 Å². The molecule has 0 radical (unpaired) electrons. The molecule has 7 nitrogen and oxygen atoms in total. The summed E-state index contributed by atoms with van der Waals surface area (Å²) in [6.45, 7) is 1.70. The van der Waals surface area contributed by atoms with Crippen LogP contribution in [0, 0.1) is 6.92 Å². The van der Waals surface area contributed by atoms with Crippen LogP contribution in [0.15, 0.2) is 71.6 Å². The van der Waals surface area contributed by atoms with Gasteiger partial charge in [-0.1, -0.05) is 24.3 Å². The lowest BCUT2D eigenvalue weighted by molar-refractivity contribution is 0.0925. The number of imide groups is 1. The smallest absolute Gasteiger partial charge is 0.266 e. The van der Waals surface area contributed by atoms with E-state index < -0.39 is 27.6 Å². The first-order valence-corrected chi connectivity index (χ1v) is 11.3. The van der Waals surface area contributed by atoms with Crippen LogP contribution in [0.2, 0.25) is 0 Å². The minimum atomic E-state index is -3.47. The maximum Gasteiger partial charge on any atom is 0.266 e. The second kappa shape index (κ2) is 7.48. The first-order valence-electron chi connectivity index (χ1n) is 9.37. The van der Waals surface area contributed by atoms with Crippen molar-refractivity contribution in [2.45, 2.75) is 11.8 Å². The van der Waals surface area contributed by atoms with Crippen LogP contribution in [0.1, 0.15) is 36.6 Å². The monoisotopic (exact) mass is 434 g/mol. The molecule has 156 valence electrons. The predicted molar refractivity (Wildman–Crippen MR) is 116 cm³/mol. The van der Waals surface area contributed by atoms with E-state index in [2.05, 4.69) is 5.32 Å². The van der Waals surface area contributed by atoms with Gasteiger partial charge in [0.25, 0.3) is 17.7 Å². The van der Waals surface area contributed by atoms with E-state index in [-0.39, 0.29) is 10.5 Å². The highest BCUT2D eigenvalue weighted by Crippen LogP contribution is 2.30. The zero-order valence-corrected chi connectivity index (χ0v) is 17.6. The SMILES string of the molecule is Cc1ccc(S(C)(=O)=O)cc1C(=O)Nc1cccc(N2C(=O)c3ccccc3C2=O)c1. The van der Waals surface area contributed by atoms with Gasteiger partial charge in [0, 0.05) is 17.5 Å². The molecule has 0 aromatic heterocycles. The average molecular weight is 434 g/mol. The number of hydrogen-bond acceptors (Lipinski definition) is 5. The lowest BCUT2D eigenvalue weighted by Gasteiger charge is -2.16. The molecular weight excluding hydrogens is 416 g/mol. The zero-order valence-electron chi connectivity index (χ0n) is 16.7. The number of carbonyl (C=O) groups excluding carboxylic acids is 3. The van der Waals surface area contributed by atoms with Gasteiger partial charge in [0.2, 0.25) is 0 Å². The van der Waals surface area contributed by atoms with E-state index in [1.165, 1.54) is 18.2 Å². The van der Waals surface area contributed by atoms with Crippen molar-refractivity contribution < 1.29 is 22.8 Å². The Hall–Kier alpha value is -3.78. The van der Waals surface area contributed by atoms with Gasteiger partial charge in [-0.3, -0.25) is 14.4 Å². The number of carbonyl (C=O) groups is 3. The van der Waals surface area contributed by atoms with Gasteiger partial charge in [-0.05, 0) is 55.0 Å². The molecule has 1 aliphatic rings. The highest BCUT2D eigenvalue weighted by atomic mass is 32.2. The van der Waals surface area contributed by atoms with Crippen LogP contribution in [-0.2, 0) is 9.84 Å². The number of benzene rings is 3. The van der Waals surface area contributed by atoms with Crippen molar-refractivity contribution >= 4 is 38.9 Å². The number of anilines is 2. The van der Waals surface area contributed by atoms with Gasteiger partial charge in [-0.15, -0.1) is 0 Å². The molecule has 0 saturated heterocycles. The number of fused-ring (bicyclic) bond motifs is 1. The average Bonchev–Trinajstić information content (AvgIpc) is 2.98. The quantitative estimate of drug-likeness (QED) is 0.634. The Morgan fingerprint density at radius 2 is 1.52 bits per heavy atom. The molecule has 3 aromatic rings. The standard InChI is InChI=1S/C23H18N2O5S/c1-14-10-11-17(31(2,29)30)13-20(14)21(26)24-15-6-5-7-16(12-15)25-22(27)18-8-3-4-9-19(18)23(25)28/h3-13H,1-2H3,(H,24,26). The molecule has 0 unspecified atom stereocenters. The van der Waals surface area contributed by atoms with E-state index in [4.69, 9.17) is 0 Å². The summed E-state index contributed by atoms with van der Waals surface area (Å²) in [5.74, 6) is -1.36. The molecule has 0 spiro atoms. The molecule has 0 saturated carbocycles. The molecule has 3 aromatic carbocycles. The Morgan fingerprint density at radius 1 is 0.871 bits per heavy atom. The van der Waals surface area contributed by atoms with E-state index in [1.807, 2.05) is 0 Å². The fraction of sp³-hybridized carbons (Fsp3) is 0.0870.